The Hall–Kier alpha value is -3.95. The first-order valence-electron chi connectivity index (χ1n) is 8.66. The van der Waals surface area contributed by atoms with Gasteiger partial charge in [0.15, 0.2) is 23.4 Å². The molecular weight excluding hydrogens is 394 g/mol. The van der Waals surface area contributed by atoms with Crippen LogP contribution in [0.2, 0.25) is 0 Å². The zero-order chi connectivity index (χ0) is 22.3. The summed E-state index contributed by atoms with van der Waals surface area (Å²) in [6.45, 7) is 0. The molecule has 1 unspecified atom stereocenters. The van der Waals surface area contributed by atoms with E-state index in [1.54, 1.807) is 30.3 Å². The summed E-state index contributed by atoms with van der Waals surface area (Å²) >= 11 is 0. The summed E-state index contributed by atoms with van der Waals surface area (Å²) in [7, 11) is 5.29. The minimum absolute atomic E-state index is 0.0475. The monoisotopic (exact) mass is 417 g/mol. The standard InChI is InChI=1S/C20H23N3O7/c1-27-15-10-12(9-14(17(15)28-2)19(24)29-3)16(20(25)30-4)22-13-7-5-11(6-8-13)18(21)23-26/h5-10,16,22,26H,1-4H3,(H2,21,23). The number of hydrogen-bond donors (Lipinski definition) is 3. The highest BCUT2D eigenvalue weighted by Gasteiger charge is 2.27. The quantitative estimate of drug-likeness (QED) is 0.193. The first-order chi connectivity index (χ1) is 14.4. The lowest BCUT2D eigenvalue weighted by Crippen LogP contribution is -2.23. The van der Waals surface area contributed by atoms with Crippen molar-refractivity contribution in [2.75, 3.05) is 33.8 Å². The van der Waals surface area contributed by atoms with Gasteiger partial charge in [-0.3, -0.25) is 0 Å². The van der Waals surface area contributed by atoms with Crippen molar-refractivity contribution in [3.05, 3.63) is 53.1 Å². The molecule has 0 aliphatic rings. The Balaban J connectivity index is 2.51. The van der Waals surface area contributed by atoms with E-state index in [4.69, 9.17) is 29.9 Å². The lowest BCUT2D eigenvalue weighted by molar-refractivity contribution is -0.141. The Kier molecular flexibility index (Phi) is 7.45. The van der Waals surface area contributed by atoms with Gasteiger partial charge in [-0.25, -0.2) is 9.59 Å². The van der Waals surface area contributed by atoms with Crippen molar-refractivity contribution in [1.29, 1.82) is 0 Å². The third-order valence-electron chi connectivity index (χ3n) is 4.28. The van der Waals surface area contributed by atoms with E-state index in [9.17, 15) is 9.59 Å². The fourth-order valence-electron chi connectivity index (χ4n) is 2.77. The summed E-state index contributed by atoms with van der Waals surface area (Å²) in [5, 5.41) is 14.7. The summed E-state index contributed by atoms with van der Waals surface area (Å²) in [5.74, 6) is -0.876. The highest BCUT2D eigenvalue weighted by atomic mass is 16.5. The van der Waals surface area contributed by atoms with Gasteiger partial charge in [-0.05, 0) is 42.0 Å². The third kappa shape index (κ3) is 4.72. The minimum Gasteiger partial charge on any atom is -0.493 e. The zero-order valence-electron chi connectivity index (χ0n) is 17.0. The second-order valence-electron chi connectivity index (χ2n) is 5.96. The van der Waals surface area contributed by atoms with E-state index in [0.29, 0.717) is 16.8 Å². The maximum absolute atomic E-state index is 12.5. The largest absolute Gasteiger partial charge is 0.493 e. The van der Waals surface area contributed by atoms with Gasteiger partial charge >= 0.3 is 11.9 Å². The Morgan fingerprint density at radius 3 is 2.20 bits per heavy atom. The van der Waals surface area contributed by atoms with Crippen molar-refractivity contribution in [3.63, 3.8) is 0 Å². The van der Waals surface area contributed by atoms with Crippen molar-refractivity contribution >= 4 is 23.5 Å². The molecule has 0 saturated heterocycles. The van der Waals surface area contributed by atoms with E-state index < -0.39 is 18.0 Å². The molecule has 160 valence electrons. The van der Waals surface area contributed by atoms with Crippen LogP contribution in [0.25, 0.3) is 0 Å². The Morgan fingerprint density at radius 2 is 1.70 bits per heavy atom. The fourth-order valence-corrected chi connectivity index (χ4v) is 2.77. The van der Waals surface area contributed by atoms with Crippen molar-refractivity contribution in [2.45, 2.75) is 6.04 Å². The molecule has 2 aromatic carbocycles. The Morgan fingerprint density at radius 1 is 1.03 bits per heavy atom. The summed E-state index contributed by atoms with van der Waals surface area (Å²) in [4.78, 5) is 24.7. The van der Waals surface area contributed by atoms with Gasteiger partial charge in [0, 0.05) is 11.3 Å². The van der Waals surface area contributed by atoms with Crippen LogP contribution >= 0.6 is 0 Å². The zero-order valence-corrected chi connectivity index (χ0v) is 17.0. The lowest BCUT2D eigenvalue weighted by atomic mass is 10.0. The number of carbonyl (C=O) groups excluding carboxylic acids is 2. The van der Waals surface area contributed by atoms with Crippen LogP contribution in [-0.2, 0) is 14.3 Å². The topological polar surface area (TPSA) is 142 Å². The molecule has 2 aromatic rings. The average molecular weight is 417 g/mol. The predicted octanol–water partition coefficient (Wildman–Crippen LogP) is 1.91. The van der Waals surface area contributed by atoms with E-state index in [-0.39, 0.29) is 22.9 Å². The number of carbonyl (C=O) groups is 2. The van der Waals surface area contributed by atoms with Crippen LogP contribution < -0.4 is 20.5 Å². The van der Waals surface area contributed by atoms with E-state index in [1.165, 1.54) is 34.5 Å². The number of esters is 2. The van der Waals surface area contributed by atoms with Crippen LogP contribution in [0.4, 0.5) is 5.69 Å². The molecule has 0 radical (unpaired) electrons. The van der Waals surface area contributed by atoms with Crippen LogP contribution in [0.3, 0.4) is 0 Å². The van der Waals surface area contributed by atoms with Crippen molar-refractivity contribution in [1.82, 2.24) is 0 Å². The lowest BCUT2D eigenvalue weighted by Gasteiger charge is -2.21. The van der Waals surface area contributed by atoms with Gasteiger partial charge in [-0.2, -0.15) is 0 Å². The average Bonchev–Trinajstić information content (AvgIpc) is 2.80. The molecule has 0 heterocycles. The summed E-state index contributed by atoms with van der Waals surface area (Å²) in [6, 6.07) is 8.56. The molecule has 2 rings (SSSR count). The third-order valence-corrected chi connectivity index (χ3v) is 4.28. The molecule has 10 nitrogen and oxygen atoms in total. The Labute approximate surface area is 173 Å². The molecule has 0 aliphatic heterocycles. The Bertz CT molecular complexity index is 942. The summed E-state index contributed by atoms with van der Waals surface area (Å²) in [5.41, 5.74) is 7.09. The van der Waals surface area contributed by atoms with Gasteiger partial charge in [0.2, 0.25) is 0 Å². The maximum Gasteiger partial charge on any atom is 0.341 e. The maximum atomic E-state index is 12.5. The number of oxime groups is 1. The second-order valence-corrected chi connectivity index (χ2v) is 5.96. The van der Waals surface area contributed by atoms with E-state index >= 15 is 0 Å². The smallest absolute Gasteiger partial charge is 0.341 e. The van der Waals surface area contributed by atoms with Gasteiger partial charge in [0.05, 0.1) is 28.4 Å². The first kappa shape index (κ1) is 22.3. The highest BCUT2D eigenvalue weighted by molar-refractivity contribution is 5.97. The summed E-state index contributed by atoms with van der Waals surface area (Å²) in [6.07, 6.45) is 0. The number of benzene rings is 2. The normalized spacial score (nSPS) is 11.9. The SMILES string of the molecule is COC(=O)c1cc(C(Nc2ccc(/C(N)=N/O)cc2)C(=O)OC)cc(OC)c1OC. The van der Waals surface area contributed by atoms with Gasteiger partial charge in [-0.1, -0.05) is 5.16 Å². The van der Waals surface area contributed by atoms with Gasteiger partial charge in [-0.15, -0.1) is 0 Å². The molecule has 0 aromatic heterocycles. The molecule has 4 N–H and O–H groups in total. The van der Waals surface area contributed by atoms with Crippen LogP contribution in [0.1, 0.15) is 27.5 Å². The number of methoxy groups -OCH3 is 4. The second kappa shape index (κ2) is 10.0. The molecule has 1 atom stereocenters. The number of nitrogens with one attached hydrogen (secondary N) is 1. The number of rotatable bonds is 8. The fraction of sp³-hybridized carbons (Fsp3) is 0.250. The van der Waals surface area contributed by atoms with Crippen molar-refractivity contribution in [3.8, 4) is 11.5 Å². The predicted molar refractivity (Wildman–Crippen MR) is 108 cm³/mol. The number of nitrogens with zero attached hydrogens (tertiary/aromatic N) is 1. The molecule has 0 saturated carbocycles. The van der Waals surface area contributed by atoms with Crippen molar-refractivity contribution < 1.29 is 33.7 Å². The molecule has 10 heteroatoms. The van der Waals surface area contributed by atoms with Crippen LogP contribution in [0.5, 0.6) is 11.5 Å². The van der Waals surface area contributed by atoms with Crippen LogP contribution in [-0.4, -0.2) is 51.4 Å². The number of nitrogens with two attached hydrogens (primary N) is 1. The highest BCUT2D eigenvalue weighted by Crippen LogP contribution is 2.36. The van der Waals surface area contributed by atoms with E-state index in [1.807, 2.05) is 0 Å². The summed E-state index contributed by atoms with van der Waals surface area (Å²) < 4.78 is 20.3. The van der Waals surface area contributed by atoms with E-state index in [2.05, 4.69) is 10.5 Å². The first-order valence-corrected chi connectivity index (χ1v) is 8.66. The molecule has 0 amide bonds. The molecule has 30 heavy (non-hydrogen) atoms. The molecule has 0 spiro atoms. The molecule has 0 aliphatic carbocycles. The molecule has 0 fully saturated rings. The number of hydrogen-bond acceptors (Lipinski definition) is 9. The minimum atomic E-state index is -0.979. The van der Waals surface area contributed by atoms with Gasteiger partial charge < -0.3 is 35.2 Å². The number of ether oxygens (including phenoxy) is 4. The van der Waals surface area contributed by atoms with E-state index in [0.717, 1.165) is 0 Å². The van der Waals surface area contributed by atoms with Gasteiger partial charge in [0.1, 0.15) is 5.56 Å². The number of amidine groups is 1. The van der Waals surface area contributed by atoms with Crippen molar-refractivity contribution in [2.24, 2.45) is 10.9 Å². The number of anilines is 1. The molecule has 0 bridgehead atoms. The molecular formula is C20H23N3O7. The van der Waals surface area contributed by atoms with Gasteiger partial charge in [0.25, 0.3) is 0 Å². The van der Waals surface area contributed by atoms with Crippen LogP contribution in [0, 0.1) is 0 Å². The van der Waals surface area contributed by atoms with Crippen LogP contribution in [0.15, 0.2) is 41.6 Å².